The van der Waals surface area contributed by atoms with E-state index in [4.69, 9.17) is 96.7 Å². The van der Waals surface area contributed by atoms with E-state index in [1.54, 1.807) is 0 Å². The van der Waals surface area contributed by atoms with E-state index in [1.165, 1.54) is 73.1 Å². The summed E-state index contributed by atoms with van der Waals surface area (Å²) in [7, 11) is 47.9. The summed E-state index contributed by atoms with van der Waals surface area (Å²) < 4.78 is 86.7. The van der Waals surface area contributed by atoms with Crippen LogP contribution in [0.25, 0.3) is 0 Å². The van der Waals surface area contributed by atoms with E-state index in [0.717, 1.165) is 39.8 Å². The molecule has 8 rings (SSSR count). The normalized spacial score (nSPS) is 18.1. The lowest BCUT2D eigenvalue weighted by molar-refractivity contribution is -0.204. The lowest BCUT2D eigenvalue weighted by Gasteiger charge is -2.43. The number of urea groups is 2. The van der Waals surface area contributed by atoms with Crippen LogP contribution in [0.15, 0.2) is 71.0 Å². The molecule has 2 saturated carbocycles. The number of hydrogen-bond acceptors (Lipinski definition) is 6. The van der Waals surface area contributed by atoms with E-state index in [-0.39, 0.29) is 67.9 Å². The molecule has 0 bridgehead atoms. The fourth-order valence-electron chi connectivity index (χ4n) is 7.98. The maximum Gasteiger partial charge on any atom is 0.427 e. The van der Waals surface area contributed by atoms with Crippen molar-refractivity contribution in [3.8, 4) is 23.7 Å². The van der Waals surface area contributed by atoms with Gasteiger partial charge in [0.25, 0.3) is 11.1 Å². The molecule has 76 heavy (non-hydrogen) atoms. The first kappa shape index (κ1) is 62.1. The zero-order chi connectivity index (χ0) is 56.7. The second-order valence-corrected chi connectivity index (χ2v) is 19.0. The average Bonchev–Trinajstić information content (AvgIpc) is 4.29. The molecule has 4 aromatic rings. The van der Waals surface area contributed by atoms with Crippen LogP contribution < -0.4 is 21.8 Å². The first-order valence-corrected chi connectivity index (χ1v) is 24.2. The van der Waals surface area contributed by atoms with Gasteiger partial charge in [-0.3, -0.25) is 24.0 Å². The van der Waals surface area contributed by atoms with Crippen LogP contribution in [0.2, 0.25) is 10.0 Å². The number of anilines is 2. The summed E-state index contributed by atoms with van der Waals surface area (Å²) in [5.41, 5.74) is -5.67. The number of aromatic amines is 1. The largest absolute Gasteiger partial charge is 0.427 e. The third kappa shape index (κ3) is 14.3. The van der Waals surface area contributed by atoms with Gasteiger partial charge in [-0.15, -0.1) is 11.6 Å². The van der Waals surface area contributed by atoms with Crippen molar-refractivity contribution in [1.29, 1.82) is 0 Å². The highest BCUT2D eigenvalue weighted by molar-refractivity contribution is 8.12. The molecule has 2 atom stereocenters. The van der Waals surface area contributed by atoms with Gasteiger partial charge in [-0.2, -0.15) is 26.3 Å². The maximum atomic E-state index is 14.4. The predicted molar refractivity (Wildman–Crippen MR) is 301 cm³/mol. The number of carbonyl (C=O) groups excluding carboxylic acids is 2. The van der Waals surface area contributed by atoms with E-state index in [1.807, 2.05) is 0 Å². The molecular weight excluding hydrogens is 1040 g/mol. The van der Waals surface area contributed by atoms with Crippen LogP contribution in [0.5, 0.6) is 0 Å². The lowest BCUT2D eigenvalue weighted by Crippen LogP contribution is -2.73. The zero-order valence-corrected chi connectivity index (χ0v) is 42.9. The van der Waals surface area contributed by atoms with Crippen molar-refractivity contribution in [1.82, 2.24) is 29.3 Å². The smallest absolute Gasteiger partial charge is 0.313 e. The monoisotopic (exact) mass is 1070 g/mol. The van der Waals surface area contributed by atoms with Crippen LogP contribution in [-0.2, 0) is 23.5 Å². The molecule has 2 aromatic heterocycles. The van der Waals surface area contributed by atoms with Crippen molar-refractivity contribution in [3.63, 3.8) is 0 Å². The van der Waals surface area contributed by atoms with Gasteiger partial charge < -0.3 is 15.6 Å². The third-order valence-corrected chi connectivity index (χ3v) is 13.4. The number of H-pyrrole nitrogens is 1. The molecule has 4 amide bonds. The first-order chi connectivity index (χ1) is 35.6. The number of carbonyl (C=O) groups is 2. The van der Waals surface area contributed by atoms with E-state index in [0.29, 0.717) is 20.9 Å². The van der Waals surface area contributed by atoms with Gasteiger partial charge in [0.2, 0.25) is 11.1 Å². The van der Waals surface area contributed by atoms with Crippen molar-refractivity contribution < 1.29 is 35.9 Å². The average molecular weight is 1070 g/mol. The minimum Gasteiger partial charge on any atom is -0.313 e. The summed E-state index contributed by atoms with van der Waals surface area (Å²) in [6.07, 6.45) is -4.97. The molecule has 2 unspecified atom stereocenters. The second kappa shape index (κ2) is 25.8. The molecule has 0 spiro atoms. The highest BCUT2D eigenvalue weighted by atomic mass is 35.5. The Morgan fingerprint density at radius 3 is 1.51 bits per heavy atom. The Bertz CT molecular complexity index is 2970. The van der Waals surface area contributed by atoms with Crippen molar-refractivity contribution in [3.05, 3.63) is 114 Å². The number of aromatic nitrogens is 4. The first-order valence-electron chi connectivity index (χ1n) is 22.9. The number of alkyl halides is 7. The summed E-state index contributed by atoms with van der Waals surface area (Å²) in [6.45, 7) is -0.0166. The van der Waals surface area contributed by atoms with Crippen LogP contribution in [0.4, 0.5) is 47.3 Å². The van der Waals surface area contributed by atoms with Gasteiger partial charge in [-0.25, -0.2) is 19.6 Å². The van der Waals surface area contributed by atoms with Crippen LogP contribution in [0.1, 0.15) is 47.9 Å². The Hall–Kier alpha value is -4.72. The number of benzene rings is 2. The van der Waals surface area contributed by atoms with Crippen molar-refractivity contribution in [2.45, 2.75) is 61.5 Å². The number of fused-ring (bicyclic) bond motifs is 2. The van der Waals surface area contributed by atoms with E-state index in [9.17, 15) is 45.5 Å². The quantitative estimate of drug-likeness (QED) is 0.102. The molecule has 0 saturated heterocycles. The van der Waals surface area contributed by atoms with Crippen molar-refractivity contribution in [2.75, 3.05) is 24.7 Å². The molecule has 4 aliphatic rings. The fourth-order valence-corrected chi connectivity index (χ4v) is 8.72. The number of amides is 4. The zero-order valence-electron chi connectivity index (χ0n) is 40.6. The Labute approximate surface area is 464 Å². The van der Waals surface area contributed by atoms with E-state index < -0.39 is 73.8 Å². The Morgan fingerprint density at radius 2 is 1.16 bits per heavy atom. The third-order valence-electron chi connectivity index (χ3n) is 12.5. The summed E-state index contributed by atoms with van der Waals surface area (Å²) >= 11 is 18.1. The molecule has 2 aliphatic carbocycles. The molecule has 12 nitrogen and oxygen atoms in total. The molecule has 365 valence electrons. The van der Waals surface area contributed by atoms with Gasteiger partial charge in [0.15, 0.2) is 0 Å². The van der Waals surface area contributed by atoms with Crippen LogP contribution >= 0.6 is 34.8 Å². The van der Waals surface area contributed by atoms with Gasteiger partial charge >= 0.3 is 24.4 Å². The molecular formula is C40H33B15Cl3F6N8O4. The van der Waals surface area contributed by atoms with Gasteiger partial charge in [0, 0.05) is 196 Å². The van der Waals surface area contributed by atoms with Crippen molar-refractivity contribution >= 4 is 166 Å². The highest BCUT2D eigenvalue weighted by Gasteiger charge is 2.64. The van der Waals surface area contributed by atoms with Gasteiger partial charge in [-0.1, -0.05) is 46.9 Å². The number of nitrogens with one attached hydrogen (secondary N) is 3. The topological polar surface area (TPSA) is 145 Å². The van der Waals surface area contributed by atoms with Crippen LogP contribution in [0, 0.1) is 35.5 Å². The second-order valence-electron chi connectivity index (χ2n) is 17.9. The Kier molecular flexibility index (Phi) is 21.1. The summed E-state index contributed by atoms with van der Waals surface area (Å²) in [6, 6.07) is 5.88. The number of halogens is 9. The maximum absolute atomic E-state index is 14.4. The Morgan fingerprint density at radius 1 is 0.711 bits per heavy atom. The summed E-state index contributed by atoms with van der Waals surface area (Å²) in [4.78, 5) is 57.7. The van der Waals surface area contributed by atoms with Gasteiger partial charge in [-0.05, 0) is 61.1 Å². The summed E-state index contributed by atoms with van der Waals surface area (Å²) in [5, 5.41) is 5.04. The minimum atomic E-state index is -4.86. The molecule has 3 N–H and O–H groups in total. The van der Waals surface area contributed by atoms with Crippen molar-refractivity contribution in [2.24, 2.45) is 11.8 Å². The predicted octanol–water partition coefficient (Wildman–Crippen LogP) is 2.38. The molecule has 2 fully saturated rings. The minimum absolute atomic E-state index is 0.0166. The highest BCUT2D eigenvalue weighted by Crippen LogP contribution is 2.51. The number of nitrogens with zero attached hydrogens (tertiary/aromatic N) is 5. The molecule has 36 heteroatoms. The van der Waals surface area contributed by atoms with Gasteiger partial charge in [0.1, 0.15) is 0 Å². The summed E-state index contributed by atoms with van der Waals surface area (Å²) in [5.74, 6) is 9.86. The standard InChI is InChI=1S/C20H16ClF3N4O2.C16H13Cl2F3N2O.C4H4N2O.B15/c1-27-18(30)26-16-8-13(10-28-11-25-7-5-17(28)29)15(21)9-14(16)19(27,20(22,23)24)6-4-12-2-3-12;1-23-14(24)22-13-6-10(8-17)12(18)7-11(13)15(23,16(19,20)21)5-4-9-2-3-9;7-4-1-2-5-3-6-4;1-9-13(8)15(12(6)7)14(10(2)3)11(4)5/h5,7-9,11-12H,2-3,10H2,1H3,(H,26,30);6-7,9H,2-3,8H2,1H3,(H,22,24);1-3H,(H,5,6,7);. The SMILES string of the molecule is CN1C(=O)Nc2cc(CCl)c(Cl)cc2C1(C#CC1CC1)C(F)(F)F.CN1C(=O)Nc2cc(Cn3cnccc3=O)c(Cl)cc2C1(C#CC1CC1)C(F)(F)F.O=c1ccnc[nH]1.[B][B]B([B])B(B([B])[B])B(B([B])[B])B([B])[B]. The number of hydrogen-bond donors (Lipinski definition) is 3. The van der Waals surface area contributed by atoms with Crippen LogP contribution in [-0.4, -0.2) is 175 Å². The van der Waals surface area contributed by atoms with Crippen LogP contribution in [0.3, 0.4) is 0 Å². The molecule has 4 heterocycles. The van der Waals surface area contributed by atoms with Gasteiger partial charge in [0.05, 0.1) is 19.2 Å². The lowest BCUT2D eigenvalue weighted by atomic mass is 8.46. The fraction of sp³-hybridized carbons (Fsp3) is 0.350. The van der Waals surface area contributed by atoms with E-state index >= 15 is 0 Å². The van der Waals surface area contributed by atoms with E-state index in [2.05, 4.69) is 49.3 Å². The molecule has 17 radical (unpaired) electrons. The number of rotatable bonds is 9. The molecule has 2 aliphatic heterocycles. The molecule has 2 aromatic carbocycles. The Balaban J connectivity index is 0.000000206.